The molecule has 1 aromatic heterocycles. The van der Waals surface area contributed by atoms with Crippen molar-refractivity contribution in [3.63, 3.8) is 0 Å². The summed E-state index contributed by atoms with van der Waals surface area (Å²) in [5.74, 6) is -0.661. The van der Waals surface area contributed by atoms with Crippen molar-refractivity contribution < 1.29 is 17.8 Å². The molecule has 14 heavy (non-hydrogen) atoms. The zero-order chi connectivity index (χ0) is 10.7. The fraction of sp³-hybridized carbons (Fsp3) is 0.200. The number of nitrogens with zero attached hydrogens (tertiary/aromatic N) is 2. The molecule has 0 aliphatic heterocycles. The van der Waals surface area contributed by atoms with E-state index in [0.29, 0.717) is 0 Å². The number of carbonyl (C=O) groups is 1. The van der Waals surface area contributed by atoms with Gasteiger partial charge in [0.1, 0.15) is 5.69 Å². The number of nitrogens with two attached hydrogens (primary N) is 1. The number of thiazole rings is 1. The summed E-state index contributed by atoms with van der Waals surface area (Å²) >= 11 is -1.35. The van der Waals surface area contributed by atoms with Crippen molar-refractivity contribution in [3.05, 3.63) is 11.1 Å². The molecule has 0 fully saturated rings. The molecule has 0 saturated heterocycles. The number of aromatic nitrogens is 1. The number of rotatable bonds is 4. The van der Waals surface area contributed by atoms with E-state index in [1.807, 2.05) is 0 Å². The minimum absolute atomic E-state index is 0.0872. The van der Waals surface area contributed by atoms with Crippen molar-refractivity contribution in [2.24, 2.45) is 5.73 Å². The van der Waals surface area contributed by atoms with Gasteiger partial charge in [-0.2, -0.15) is 4.21 Å². The highest BCUT2D eigenvalue weighted by atomic mass is 32.2. The number of hydrogen-bond donors (Lipinski definition) is 2. The first-order valence-corrected chi connectivity index (χ1v) is 5.20. The molecule has 3 N–H and O–H groups in total. The third-order valence-electron chi connectivity index (χ3n) is 1.19. The second kappa shape index (κ2) is 4.46. The Labute approximate surface area is 85.9 Å². The number of hydroxylamine groups is 1. The Morgan fingerprint density at radius 1 is 1.86 bits per heavy atom. The van der Waals surface area contributed by atoms with Crippen LogP contribution in [0.1, 0.15) is 10.5 Å². The summed E-state index contributed by atoms with van der Waals surface area (Å²) in [6.45, 7) is 0. The lowest BCUT2D eigenvalue weighted by atomic mass is 10.5. The van der Waals surface area contributed by atoms with Crippen LogP contribution in [0.5, 0.6) is 0 Å². The molecule has 1 unspecified atom stereocenters. The van der Waals surface area contributed by atoms with Crippen LogP contribution in [0.2, 0.25) is 0 Å². The summed E-state index contributed by atoms with van der Waals surface area (Å²) in [6, 6.07) is 0. The third kappa shape index (κ3) is 2.73. The van der Waals surface area contributed by atoms with Crippen molar-refractivity contribution in [1.29, 1.82) is 0 Å². The minimum Gasteiger partial charge on any atom is -0.364 e. The van der Waals surface area contributed by atoms with E-state index in [9.17, 15) is 9.00 Å². The SMILES string of the molecule is CN(OS(=O)O)c1nc(C(N)=O)cs1. The second-order valence-corrected chi connectivity index (χ2v) is 3.59. The van der Waals surface area contributed by atoms with Crippen LogP contribution < -0.4 is 10.8 Å². The van der Waals surface area contributed by atoms with Crippen molar-refractivity contribution >= 4 is 33.7 Å². The normalized spacial score (nSPS) is 12.4. The summed E-state index contributed by atoms with van der Waals surface area (Å²) < 4.78 is 23.0. The minimum atomic E-state index is -2.42. The zero-order valence-corrected chi connectivity index (χ0v) is 8.67. The highest BCUT2D eigenvalue weighted by Crippen LogP contribution is 2.19. The standard InChI is InChI=1S/C5H7N3O4S2/c1-8(12-14(10)11)5-7-3(2-13-5)4(6)9/h2H,1H3,(H2,6,9)(H,10,11). The number of primary amides is 1. The van der Waals surface area contributed by atoms with Gasteiger partial charge in [-0.1, -0.05) is 0 Å². The Kier molecular flexibility index (Phi) is 3.52. The fourth-order valence-electron chi connectivity index (χ4n) is 0.650. The lowest BCUT2D eigenvalue weighted by Gasteiger charge is -2.10. The van der Waals surface area contributed by atoms with E-state index in [-0.39, 0.29) is 10.8 Å². The zero-order valence-electron chi connectivity index (χ0n) is 7.04. The maximum Gasteiger partial charge on any atom is 0.325 e. The molecule has 0 saturated carbocycles. The van der Waals surface area contributed by atoms with Crippen LogP contribution in [0.15, 0.2) is 5.38 Å². The molecule has 1 amide bonds. The summed E-state index contributed by atoms with van der Waals surface area (Å²) in [5, 5.41) is 2.67. The molecular weight excluding hydrogens is 230 g/mol. The molecule has 0 spiro atoms. The second-order valence-electron chi connectivity index (χ2n) is 2.17. The predicted octanol–water partition coefficient (Wildman–Crippen LogP) is -0.253. The molecule has 0 aliphatic rings. The molecule has 0 bridgehead atoms. The first-order chi connectivity index (χ1) is 6.50. The number of hydrogen-bond acceptors (Lipinski definition) is 6. The van der Waals surface area contributed by atoms with E-state index >= 15 is 0 Å². The molecule has 1 rings (SSSR count). The van der Waals surface area contributed by atoms with Crippen LogP contribution in [0.25, 0.3) is 0 Å². The van der Waals surface area contributed by atoms with E-state index in [1.54, 1.807) is 0 Å². The van der Waals surface area contributed by atoms with Crippen molar-refractivity contribution in [2.45, 2.75) is 0 Å². The molecule has 0 radical (unpaired) electrons. The van der Waals surface area contributed by atoms with Crippen molar-refractivity contribution in [1.82, 2.24) is 4.98 Å². The molecule has 78 valence electrons. The Bertz CT molecular complexity index is 366. The molecular formula is C5H7N3O4S2. The maximum atomic E-state index is 10.7. The fourth-order valence-corrected chi connectivity index (χ4v) is 1.68. The van der Waals surface area contributed by atoms with E-state index in [1.165, 1.54) is 12.4 Å². The van der Waals surface area contributed by atoms with E-state index < -0.39 is 17.3 Å². The lowest BCUT2D eigenvalue weighted by Crippen LogP contribution is -2.19. The van der Waals surface area contributed by atoms with E-state index in [2.05, 4.69) is 9.27 Å². The number of amides is 1. The van der Waals surface area contributed by atoms with Gasteiger partial charge in [0.15, 0.2) is 0 Å². The molecule has 0 aromatic carbocycles. The van der Waals surface area contributed by atoms with Gasteiger partial charge >= 0.3 is 11.4 Å². The highest BCUT2D eigenvalue weighted by molar-refractivity contribution is 7.74. The molecule has 0 aliphatic carbocycles. The van der Waals surface area contributed by atoms with Crippen LogP contribution in [-0.4, -0.2) is 26.7 Å². The Hall–Kier alpha value is -1.03. The first-order valence-electron chi connectivity index (χ1n) is 3.29. The summed E-state index contributed by atoms with van der Waals surface area (Å²) in [5.41, 5.74) is 5.05. The van der Waals surface area contributed by atoms with Crippen LogP contribution in [0.3, 0.4) is 0 Å². The molecule has 9 heteroatoms. The van der Waals surface area contributed by atoms with E-state index in [0.717, 1.165) is 16.4 Å². The van der Waals surface area contributed by atoms with Crippen LogP contribution in [-0.2, 0) is 15.6 Å². The average molecular weight is 237 g/mol. The molecule has 1 atom stereocenters. The topological polar surface area (TPSA) is 106 Å². The lowest BCUT2D eigenvalue weighted by molar-refractivity contribution is 0.0996. The molecule has 1 heterocycles. The Morgan fingerprint density at radius 3 is 2.93 bits per heavy atom. The van der Waals surface area contributed by atoms with Crippen molar-refractivity contribution in [3.8, 4) is 0 Å². The quantitative estimate of drug-likeness (QED) is 0.552. The van der Waals surface area contributed by atoms with Gasteiger partial charge in [0, 0.05) is 12.4 Å². The molecule has 1 aromatic rings. The summed E-state index contributed by atoms with van der Waals surface area (Å²) in [6.07, 6.45) is 0. The predicted molar refractivity (Wildman–Crippen MR) is 50.9 cm³/mol. The summed E-state index contributed by atoms with van der Waals surface area (Å²) in [7, 11) is 1.39. The third-order valence-corrected chi connectivity index (χ3v) is 2.44. The van der Waals surface area contributed by atoms with Crippen LogP contribution >= 0.6 is 11.3 Å². The average Bonchev–Trinajstić information content (AvgIpc) is 2.50. The van der Waals surface area contributed by atoms with Gasteiger partial charge in [0.2, 0.25) is 5.13 Å². The summed E-state index contributed by atoms with van der Waals surface area (Å²) in [4.78, 5) is 14.4. The van der Waals surface area contributed by atoms with Gasteiger partial charge in [-0.15, -0.1) is 15.6 Å². The van der Waals surface area contributed by atoms with Crippen LogP contribution in [0.4, 0.5) is 5.13 Å². The Balaban J connectivity index is 2.76. The first kappa shape index (κ1) is 11.0. The number of anilines is 1. The highest BCUT2D eigenvalue weighted by Gasteiger charge is 2.12. The van der Waals surface area contributed by atoms with Gasteiger partial charge in [-0.05, 0) is 0 Å². The maximum absolute atomic E-state index is 10.7. The van der Waals surface area contributed by atoms with Gasteiger partial charge in [-0.3, -0.25) is 9.35 Å². The monoisotopic (exact) mass is 237 g/mol. The van der Waals surface area contributed by atoms with Crippen LogP contribution in [0, 0.1) is 0 Å². The Morgan fingerprint density at radius 2 is 2.50 bits per heavy atom. The molecule has 7 nitrogen and oxygen atoms in total. The van der Waals surface area contributed by atoms with Gasteiger partial charge in [0.25, 0.3) is 5.91 Å². The van der Waals surface area contributed by atoms with Crippen molar-refractivity contribution in [2.75, 3.05) is 12.1 Å². The van der Waals surface area contributed by atoms with Gasteiger partial charge < -0.3 is 5.73 Å². The smallest absolute Gasteiger partial charge is 0.325 e. The number of carbonyl (C=O) groups excluding carboxylic acids is 1. The largest absolute Gasteiger partial charge is 0.364 e. The van der Waals surface area contributed by atoms with Gasteiger partial charge in [-0.25, -0.2) is 10.0 Å². The van der Waals surface area contributed by atoms with E-state index in [4.69, 9.17) is 10.3 Å². The van der Waals surface area contributed by atoms with Gasteiger partial charge in [0.05, 0.1) is 0 Å².